The van der Waals surface area contributed by atoms with Crippen molar-refractivity contribution in [1.29, 1.82) is 0 Å². The minimum atomic E-state index is -3.03. The molecule has 0 aliphatic heterocycles. The summed E-state index contributed by atoms with van der Waals surface area (Å²) in [7, 11) is 1.53. The minimum Gasteiger partial charge on any atom is -0.385 e. The molecule has 9 nitrogen and oxygen atoms in total. The molecule has 1 N–H and O–H groups in total. The van der Waals surface area contributed by atoms with Gasteiger partial charge in [-0.05, 0) is 36.2 Å². The molecule has 0 fully saturated rings. The van der Waals surface area contributed by atoms with Gasteiger partial charge in [-0.1, -0.05) is 22.9 Å². The van der Waals surface area contributed by atoms with Crippen molar-refractivity contribution in [2.45, 2.75) is 19.0 Å². The Morgan fingerprint density at radius 3 is 2.54 bits per heavy atom. The number of ether oxygens (including phenoxy) is 1. The summed E-state index contributed by atoms with van der Waals surface area (Å²) in [4.78, 5) is 4.53. The van der Waals surface area contributed by atoms with Crippen LogP contribution in [0.2, 0.25) is 10.2 Å². The molecule has 0 amide bonds. The summed E-state index contributed by atoms with van der Waals surface area (Å²) in [6, 6.07) is 5.85. The number of rotatable bonds is 9. The van der Waals surface area contributed by atoms with Crippen LogP contribution in [0.15, 0.2) is 55.2 Å². The number of aromatic amines is 1. The van der Waals surface area contributed by atoms with Crippen molar-refractivity contribution < 1.29 is 27.0 Å². The molecule has 0 saturated carbocycles. The number of hydrogen-bond donors (Lipinski definition) is 1. The van der Waals surface area contributed by atoms with Gasteiger partial charge in [-0.2, -0.15) is 19.0 Å². The smallest absolute Gasteiger partial charge is 0.333 e. The second-order valence-electron chi connectivity index (χ2n) is 8.33. The Balaban J connectivity index is 1.52. The van der Waals surface area contributed by atoms with Gasteiger partial charge < -0.3 is 4.74 Å². The molecule has 4 heterocycles. The second kappa shape index (κ2) is 11.1. The van der Waals surface area contributed by atoms with E-state index in [1.165, 1.54) is 47.3 Å². The Labute approximate surface area is 228 Å². The van der Waals surface area contributed by atoms with Crippen molar-refractivity contribution in [2.75, 3.05) is 13.7 Å². The third-order valence-electron chi connectivity index (χ3n) is 5.97. The molecule has 15 heteroatoms. The number of pyridine rings is 1. The van der Waals surface area contributed by atoms with Crippen LogP contribution in [0.5, 0.6) is 0 Å². The van der Waals surface area contributed by atoms with Gasteiger partial charge in [-0.15, -0.1) is 4.68 Å². The fourth-order valence-electron chi connectivity index (χ4n) is 4.19. The van der Waals surface area contributed by atoms with Crippen LogP contribution in [0.25, 0.3) is 28.1 Å². The first-order valence-corrected chi connectivity index (χ1v) is 12.2. The predicted molar refractivity (Wildman–Crippen MR) is 133 cm³/mol. The van der Waals surface area contributed by atoms with Gasteiger partial charge >= 0.3 is 11.7 Å². The molecule has 1 atom stereocenters. The van der Waals surface area contributed by atoms with Crippen molar-refractivity contribution in [1.82, 2.24) is 34.9 Å². The summed E-state index contributed by atoms with van der Waals surface area (Å²) in [5.41, 5.74) is 1.24. The minimum absolute atomic E-state index is 0.0821. The van der Waals surface area contributed by atoms with Crippen LogP contribution < -0.4 is 4.68 Å². The van der Waals surface area contributed by atoms with E-state index in [2.05, 4.69) is 25.5 Å². The molecule has 202 valence electrons. The Hall–Kier alpha value is -3.81. The molecular weight excluding hydrogens is 563 g/mol. The van der Waals surface area contributed by atoms with E-state index < -0.39 is 24.2 Å². The lowest BCUT2D eigenvalue weighted by Gasteiger charge is -2.17. The lowest BCUT2D eigenvalue weighted by molar-refractivity contribution is -0.659. The Morgan fingerprint density at radius 1 is 1.05 bits per heavy atom. The number of nitrogens with one attached hydrogen (secondary N) is 1. The van der Waals surface area contributed by atoms with Crippen molar-refractivity contribution in [3.63, 3.8) is 0 Å². The molecule has 0 aliphatic carbocycles. The molecule has 0 radical (unpaired) electrons. The summed E-state index contributed by atoms with van der Waals surface area (Å²) in [5, 5.41) is 14.3. The van der Waals surface area contributed by atoms with E-state index >= 15 is 4.39 Å². The number of alkyl halides is 2. The van der Waals surface area contributed by atoms with Gasteiger partial charge in [0, 0.05) is 37.2 Å². The zero-order valence-corrected chi connectivity index (χ0v) is 21.6. The van der Waals surface area contributed by atoms with Gasteiger partial charge in [0.25, 0.3) is 0 Å². The second-order valence-corrected chi connectivity index (χ2v) is 9.12. The summed E-state index contributed by atoms with van der Waals surface area (Å²) in [6.45, 7) is -2.71. The fraction of sp³-hybridized carbons (Fsp3) is 0.208. The Morgan fingerprint density at radius 2 is 1.87 bits per heavy atom. The van der Waals surface area contributed by atoms with E-state index in [0.29, 0.717) is 30.0 Å². The number of nitrogens with zero attached hydrogens (tertiary/aromatic N) is 7. The largest absolute Gasteiger partial charge is 0.385 e. The average molecular weight is 582 g/mol. The normalized spacial score (nSPS) is 12.4. The van der Waals surface area contributed by atoms with E-state index in [-0.39, 0.29) is 31.7 Å². The summed E-state index contributed by atoms with van der Waals surface area (Å²) in [5.74, 6) is -1.56. The van der Waals surface area contributed by atoms with E-state index in [1.807, 2.05) is 0 Å². The maximum atomic E-state index is 15.2. The number of hydrogen-bond acceptors (Lipinski definition) is 5. The van der Waals surface area contributed by atoms with Gasteiger partial charge in [0.1, 0.15) is 5.69 Å². The molecule has 0 spiro atoms. The molecule has 0 aliphatic rings. The van der Waals surface area contributed by atoms with Gasteiger partial charge in [0.2, 0.25) is 0 Å². The van der Waals surface area contributed by atoms with Crippen molar-refractivity contribution in [3.05, 3.63) is 82.8 Å². The molecule has 0 unspecified atom stereocenters. The number of benzene rings is 1. The highest BCUT2D eigenvalue weighted by molar-refractivity contribution is 6.31. The molecular formula is C24H19Cl2F4N8O+. The van der Waals surface area contributed by atoms with Gasteiger partial charge in [-0.3, -0.25) is 9.67 Å². The zero-order chi connectivity index (χ0) is 27.7. The van der Waals surface area contributed by atoms with Crippen LogP contribution in [-0.4, -0.2) is 48.6 Å². The topological polar surface area (TPSA) is 90.3 Å². The van der Waals surface area contributed by atoms with E-state index in [4.69, 9.17) is 27.9 Å². The fourth-order valence-corrected chi connectivity index (χ4v) is 4.48. The van der Waals surface area contributed by atoms with E-state index in [1.54, 1.807) is 18.2 Å². The third kappa shape index (κ3) is 5.24. The molecule has 5 rings (SSSR count). The van der Waals surface area contributed by atoms with Crippen LogP contribution in [0.4, 0.5) is 17.6 Å². The van der Waals surface area contributed by atoms with Crippen LogP contribution in [-0.2, 0) is 4.74 Å². The van der Waals surface area contributed by atoms with Crippen molar-refractivity contribution >= 4 is 23.2 Å². The van der Waals surface area contributed by atoms with Gasteiger partial charge in [-0.25, -0.2) is 13.5 Å². The lowest BCUT2D eigenvalue weighted by Crippen LogP contribution is -2.33. The molecule has 39 heavy (non-hydrogen) atoms. The number of aromatic nitrogens is 8. The van der Waals surface area contributed by atoms with Crippen LogP contribution in [0.3, 0.4) is 0 Å². The molecule has 1 aromatic carbocycles. The molecule has 0 bridgehead atoms. The summed E-state index contributed by atoms with van der Waals surface area (Å²) in [6.07, 6.45) is 6.78. The molecule has 0 saturated heterocycles. The number of methoxy groups -OCH3 is 1. The van der Waals surface area contributed by atoms with Crippen molar-refractivity contribution in [2.24, 2.45) is 0 Å². The van der Waals surface area contributed by atoms with Crippen LogP contribution >= 0.6 is 23.2 Å². The first-order chi connectivity index (χ1) is 18.8. The number of halogens is 6. The maximum absolute atomic E-state index is 15.2. The average Bonchev–Trinajstić information content (AvgIpc) is 3.66. The summed E-state index contributed by atoms with van der Waals surface area (Å²) < 4.78 is 64.6. The lowest BCUT2D eigenvalue weighted by atomic mass is 10.0. The zero-order valence-electron chi connectivity index (χ0n) is 20.1. The standard InChI is InChI=1S/C24H18Cl2F4N8O/c1-39-7-6-18(36-11-14(9-32-36)23-16(27)10-33-38(23)24(29)30)17-4-2-13(8-31-17)21-19(5-3-15(25)22(21)28)37-12-20(26)34-35-37/h2-5,8-12,18,24H,6-7H2,1H3/p+1/t18-/m1/s1. The highest BCUT2D eigenvalue weighted by atomic mass is 35.5. The monoisotopic (exact) mass is 581 g/mol. The SMILES string of the molecule is COCC[C@H](c1ccc(-c2c(-[n+]3cc(Cl)n[nH]3)ccc(Cl)c2F)cn1)n1cc(-c2c(F)cnn2C(F)F)cn1. The molecule has 4 aromatic heterocycles. The quantitative estimate of drug-likeness (QED) is 0.185. The van der Waals surface area contributed by atoms with E-state index in [9.17, 15) is 13.2 Å². The number of H-pyrrole nitrogens is 1. The van der Waals surface area contributed by atoms with Crippen LogP contribution in [0.1, 0.15) is 24.7 Å². The predicted octanol–water partition coefficient (Wildman–Crippen LogP) is 5.41. The van der Waals surface area contributed by atoms with Crippen molar-refractivity contribution in [3.8, 4) is 28.1 Å². The van der Waals surface area contributed by atoms with E-state index in [0.717, 1.165) is 6.20 Å². The van der Waals surface area contributed by atoms with Crippen LogP contribution in [0, 0.1) is 11.6 Å². The summed E-state index contributed by atoms with van der Waals surface area (Å²) >= 11 is 12.0. The third-order valence-corrected chi connectivity index (χ3v) is 6.45. The highest BCUT2D eigenvalue weighted by Crippen LogP contribution is 2.33. The maximum Gasteiger partial charge on any atom is 0.333 e. The Bertz CT molecular complexity index is 1600. The van der Waals surface area contributed by atoms with Gasteiger partial charge in [0.15, 0.2) is 23.5 Å². The Kier molecular flexibility index (Phi) is 7.64. The first kappa shape index (κ1) is 26.8. The molecule has 5 aromatic rings. The van der Waals surface area contributed by atoms with Gasteiger partial charge in [0.05, 0.1) is 39.8 Å². The highest BCUT2D eigenvalue weighted by Gasteiger charge is 2.24. The first-order valence-electron chi connectivity index (χ1n) is 11.4.